The van der Waals surface area contributed by atoms with Gasteiger partial charge in [0.05, 0.1) is 20.3 Å². The number of piperazine rings is 1. The summed E-state index contributed by atoms with van der Waals surface area (Å²) in [5, 5.41) is 0. The summed E-state index contributed by atoms with van der Waals surface area (Å²) in [5.74, 6) is 0.910. The van der Waals surface area contributed by atoms with Crippen LogP contribution >= 0.6 is 0 Å². The largest absolute Gasteiger partial charge is 0.497 e. The van der Waals surface area contributed by atoms with Gasteiger partial charge in [0, 0.05) is 57.3 Å². The Morgan fingerprint density at radius 1 is 1.00 bits per heavy atom. The fourth-order valence-corrected chi connectivity index (χ4v) is 3.60. The van der Waals surface area contributed by atoms with E-state index in [4.69, 9.17) is 9.47 Å². The summed E-state index contributed by atoms with van der Waals surface area (Å²) < 4.78 is 10.5. The van der Waals surface area contributed by atoms with Crippen LogP contribution in [0.5, 0.6) is 5.75 Å². The van der Waals surface area contributed by atoms with Crippen molar-refractivity contribution in [1.29, 1.82) is 0 Å². The van der Waals surface area contributed by atoms with Crippen LogP contribution in [0.1, 0.15) is 23.7 Å². The molecule has 2 heterocycles. The molecule has 0 saturated carbocycles. The van der Waals surface area contributed by atoms with Crippen LogP contribution in [0, 0.1) is 0 Å². The van der Waals surface area contributed by atoms with Gasteiger partial charge in [-0.05, 0) is 31.2 Å². The van der Waals surface area contributed by atoms with Gasteiger partial charge in [0.15, 0.2) is 0 Å². The molecule has 0 bridgehead atoms. The molecule has 0 radical (unpaired) electrons. The van der Waals surface area contributed by atoms with E-state index in [1.165, 1.54) is 0 Å². The number of ether oxygens (including phenoxy) is 2. The van der Waals surface area contributed by atoms with Gasteiger partial charge in [-0.1, -0.05) is 0 Å². The molecule has 2 saturated heterocycles. The second-order valence-electron chi connectivity index (χ2n) is 7.10. The number of hydrogen-bond acceptors (Lipinski definition) is 5. The van der Waals surface area contributed by atoms with Crippen LogP contribution in [-0.2, 0) is 9.53 Å². The number of morpholine rings is 1. The number of benzene rings is 1. The van der Waals surface area contributed by atoms with E-state index >= 15 is 0 Å². The minimum Gasteiger partial charge on any atom is -0.497 e. The molecule has 148 valence electrons. The first-order valence-corrected chi connectivity index (χ1v) is 9.61. The third kappa shape index (κ3) is 4.99. The van der Waals surface area contributed by atoms with E-state index in [0.29, 0.717) is 38.2 Å². The van der Waals surface area contributed by atoms with Crippen molar-refractivity contribution in [1.82, 2.24) is 14.7 Å². The number of rotatable bonds is 5. The standard InChI is InChI=1S/C20H29N3O4/c1-16(21-11-13-27-14-12-21)15-19(24)22-7-9-23(10-8-22)20(25)17-3-5-18(26-2)6-4-17/h3-6,16H,7-15H2,1-2H3. The van der Waals surface area contributed by atoms with Gasteiger partial charge in [-0.3, -0.25) is 14.5 Å². The molecule has 0 spiro atoms. The molecule has 7 nitrogen and oxygen atoms in total. The van der Waals surface area contributed by atoms with Crippen LogP contribution in [-0.4, -0.2) is 92.1 Å². The SMILES string of the molecule is COc1ccc(C(=O)N2CCN(C(=O)CC(C)N3CCOCC3)CC2)cc1. The highest BCUT2D eigenvalue weighted by Gasteiger charge is 2.27. The van der Waals surface area contributed by atoms with Gasteiger partial charge < -0.3 is 19.3 Å². The van der Waals surface area contributed by atoms with Crippen LogP contribution in [0.25, 0.3) is 0 Å². The summed E-state index contributed by atoms with van der Waals surface area (Å²) in [5.41, 5.74) is 0.650. The molecule has 1 unspecified atom stereocenters. The predicted molar refractivity (Wildman–Crippen MR) is 102 cm³/mol. The number of nitrogens with zero attached hydrogens (tertiary/aromatic N) is 3. The lowest BCUT2D eigenvalue weighted by atomic mass is 10.1. The Balaban J connectivity index is 1.47. The topological polar surface area (TPSA) is 62.3 Å². The molecule has 0 aliphatic carbocycles. The summed E-state index contributed by atoms with van der Waals surface area (Å²) in [6.07, 6.45) is 0.520. The number of amides is 2. The zero-order chi connectivity index (χ0) is 19.2. The van der Waals surface area contributed by atoms with Gasteiger partial charge in [-0.25, -0.2) is 0 Å². The molecule has 1 aromatic rings. The maximum absolute atomic E-state index is 12.6. The molecule has 3 rings (SSSR count). The van der Waals surface area contributed by atoms with Crippen LogP contribution < -0.4 is 4.74 Å². The minimum atomic E-state index is 0.00596. The van der Waals surface area contributed by atoms with Gasteiger partial charge in [-0.2, -0.15) is 0 Å². The van der Waals surface area contributed by atoms with Crippen molar-refractivity contribution in [2.75, 3.05) is 59.6 Å². The quantitative estimate of drug-likeness (QED) is 0.771. The Kier molecular flexibility index (Phi) is 6.68. The molecule has 2 aliphatic heterocycles. The first kappa shape index (κ1) is 19.6. The maximum atomic E-state index is 12.6. The van der Waals surface area contributed by atoms with Gasteiger partial charge in [-0.15, -0.1) is 0 Å². The van der Waals surface area contributed by atoms with E-state index in [2.05, 4.69) is 11.8 Å². The molecule has 0 aromatic heterocycles. The summed E-state index contributed by atoms with van der Waals surface area (Å²) in [7, 11) is 1.60. The zero-order valence-corrected chi connectivity index (χ0v) is 16.2. The molecule has 0 N–H and O–H groups in total. The monoisotopic (exact) mass is 375 g/mol. The minimum absolute atomic E-state index is 0.00596. The Morgan fingerprint density at radius 3 is 2.19 bits per heavy atom. The molecular formula is C20H29N3O4. The summed E-state index contributed by atoms with van der Waals surface area (Å²) in [4.78, 5) is 31.3. The van der Waals surface area contributed by atoms with Crippen molar-refractivity contribution < 1.29 is 19.1 Å². The lowest BCUT2D eigenvalue weighted by Gasteiger charge is -2.37. The number of methoxy groups -OCH3 is 1. The highest BCUT2D eigenvalue weighted by molar-refractivity contribution is 5.94. The Morgan fingerprint density at radius 2 is 1.59 bits per heavy atom. The fourth-order valence-electron chi connectivity index (χ4n) is 3.60. The van der Waals surface area contributed by atoms with Gasteiger partial charge >= 0.3 is 0 Å². The van der Waals surface area contributed by atoms with Crippen molar-refractivity contribution in [3.8, 4) is 5.75 Å². The van der Waals surface area contributed by atoms with Crippen molar-refractivity contribution in [2.24, 2.45) is 0 Å². The molecule has 2 fully saturated rings. The van der Waals surface area contributed by atoms with Crippen molar-refractivity contribution in [3.05, 3.63) is 29.8 Å². The number of carbonyl (C=O) groups is 2. The Labute approximate surface area is 160 Å². The molecule has 1 aromatic carbocycles. The average Bonchev–Trinajstić information content (AvgIpc) is 2.74. The van der Waals surface area contributed by atoms with E-state index < -0.39 is 0 Å². The molecule has 2 amide bonds. The van der Waals surface area contributed by atoms with Crippen LogP contribution in [0.15, 0.2) is 24.3 Å². The molecule has 7 heteroatoms. The second-order valence-corrected chi connectivity index (χ2v) is 7.10. The van der Waals surface area contributed by atoms with Crippen LogP contribution in [0.4, 0.5) is 0 Å². The molecule has 2 aliphatic rings. The van der Waals surface area contributed by atoms with E-state index in [-0.39, 0.29) is 17.9 Å². The highest BCUT2D eigenvalue weighted by Crippen LogP contribution is 2.15. The van der Waals surface area contributed by atoms with Crippen molar-refractivity contribution in [2.45, 2.75) is 19.4 Å². The van der Waals surface area contributed by atoms with Crippen LogP contribution in [0.3, 0.4) is 0 Å². The predicted octanol–water partition coefficient (Wildman–Crippen LogP) is 1.09. The summed E-state index contributed by atoms with van der Waals surface area (Å²) in [6.45, 7) is 7.69. The lowest BCUT2D eigenvalue weighted by Crippen LogP contribution is -2.52. The molecule has 27 heavy (non-hydrogen) atoms. The third-order valence-corrected chi connectivity index (χ3v) is 5.40. The van der Waals surface area contributed by atoms with Gasteiger partial charge in [0.1, 0.15) is 5.75 Å². The van der Waals surface area contributed by atoms with E-state index in [1.807, 2.05) is 9.80 Å². The smallest absolute Gasteiger partial charge is 0.253 e. The normalized spacial score (nSPS) is 19.6. The van der Waals surface area contributed by atoms with Crippen molar-refractivity contribution in [3.63, 3.8) is 0 Å². The van der Waals surface area contributed by atoms with E-state index in [0.717, 1.165) is 32.1 Å². The lowest BCUT2D eigenvalue weighted by molar-refractivity contribution is -0.134. The molecular weight excluding hydrogens is 346 g/mol. The fraction of sp³-hybridized carbons (Fsp3) is 0.600. The maximum Gasteiger partial charge on any atom is 0.253 e. The first-order chi connectivity index (χ1) is 13.1. The van der Waals surface area contributed by atoms with E-state index in [9.17, 15) is 9.59 Å². The van der Waals surface area contributed by atoms with E-state index in [1.54, 1.807) is 31.4 Å². The van der Waals surface area contributed by atoms with Gasteiger partial charge in [0.25, 0.3) is 5.91 Å². The second kappa shape index (κ2) is 9.19. The first-order valence-electron chi connectivity index (χ1n) is 9.61. The third-order valence-electron chi connectivity index (χ3n) is 5.40. The zero-order valence-electron chi connectivity index (χ0n) is 16.2. The molecule has 1 atom stereocenters. The van der Waals surface area contributed by atoms with Gasteiger partial charge in [0.2, 0.25) is 5.91 Å². The van der Waals surface area contributed by atoms with Crippen molar-refractivity contribution >= 4 is 11.8 Å². The summed E-state index contributed by atoms with van der Waals surface area (Å²) in [6, 6.07) is 7.37. The number of carbonyl (C=O) groups excluding carboxylic acids is 2. The Bertz CT molecular complexity index is 635. The average molecular weight is 375 g/mol. The number of hydrogen-bond donors (Lipinski definition) is 0. The summed E-state index contributed by atoms with van der Waals surface area (Å²) >= 11 is 0. The Hall–Kier alpha value is -2.12. The highest BCUT2D eigenvalue weighted by atomic mass is 16.5. The van der Waals surface area contributed by atoms with Crippen LogP contribution in [0.2, 0.25) is 0 Å².